The molecule has 0 unspecified atom stereocenters. The molecule has 2 aromatic carbocycles. The van der Waals surface area contributed by atoms with E-state index in [9.17, 15) is 9.70 Å². The Morgan fingerprint density at radius 2 is 1.67 bits per heavy atom. The van der Waals surface area contributed by atoms with Crippen LogP contribution in [0.4, 0.5) is 4.79 Å². The van der Waals surface area contributed by atoms with E-state index in [-0.39, 0.29) is 6.09 Å². The maximum atomic E-state index is 12.1. The number of benzene rings is 2. The molecule has 0 atom stereocenters. The van der Waals surface area contributed by atoms with Gasteiger partial charge in [0.15, 0.2) is 0 Å². The van der Waals surface area contributed by atoms with E-state index in [0.29, 0.717) is 24.3 Å². The number of fused-ring (bicyclic) bond motifs is 1. The van der Waals surface area contributed by atoms with Crippen LogP contribution >= 0.6 is 0 Å². The van der Waals surface area contributed by atoms with Gasteiger partial charge in [0.05, 0.1) is 0 Å². The quantitative estimate of drug-likeness (QED) is 0.639. The van der Waals surface area contributed by atoms with Crippen LogP contribution in [0.3, 0.4) is 0 Å². The molecule has 1 heterocycles. The van der Waals surface area contributed by atoms with Crippen molar-refractivity contribution >= 4 is 19.0 Å². The Morgan fingerprint density at radius 1 is 1.05 bits per heavy atom. The van der Waals surface area contributed by atoms with Gasteiger partial charge in [0.2, 0.25) is 0 Å². The van der Waals surface area contributed by atoms with Crippen LogP contribution in [0, 0.1) is 4.91 Å². The van der Waals surface area contributed by atoms with Crippen LogP contribution in [0.1, 0.15) is 11.1 Å². The molecule has 0 saturated heterocycles. The lowest BCUT2D eigenvalue weighted by atomic mass is 9.85. The van der Waals surface area contributed by atoms with Crippen LogP contribution in [0.25, 0.3) is 0 Å². The monoisotopic (exact) mass is 279 g/mol. The minimum atomic E-state index is -0.378. The minimum absolute atomic E-state index is 0.378. The second kappa shape index (κ2) is 5.79. The second-order valence-electron chi connectivity index (χ2n) is 4.80. The van der Waals surface area contributed by atoms with Gasteiger partial charge in [-0.3, -0.25) is 4.90 Å². The van der Waals surface area contributed by atoms with Gasteiger partial charge < -0.3 is 4.74 Å². The van der Waals surface area contributed by atoms with Crippen molar-refractivity contribution in [2.24, 2.45) is 5.09 Å². The Bertz CT molecular complexity index is 648. The molecule has 0 bridgehead atoms. The Balaban J connectivity index is 1.63. The zero-order chi connectivity index (χ0) is 14.7. The Kier molecular flexibility index (Phi) is 3.68. The average Bonchev–Trinajstić information content (AvgIpc) is 2.94. The molecule has 0 spiro atoms. The van der Waals surface area contributed by atoms with Crippen molar-refractivity contribution in [1.29, 1.82) is 0 Å². The normalized spacial score (nSPS) is 12.7. The van der Waals surface area contributed by atoms with Crippen LogP contribution in [-0.2, 0) is 13.1 Å². The van der Waals surface area contributed by atoms with Crippen LogP contribution in [0.2, 0.25) is 0 Å². The highest BCUT2D eigenvalue weighted by atomic mass is 16.6. The third kappa shape index (κ3) is 2.94. The molecular formula is C15H12BN2O3. The lowest BCUT2D eigenvalue weighted by Gasteiger charge is -2.15. The zero-order valence-electron chi connectivity index (χ0n) is 11.2. The molecule has 2 aromatic rings. The van der Waals surface area contributed by atoms with E-state index in [2.05, 4.69) is 5.09 Å². The van der Waals surface area contributed by atoms with Gasteiger partial charge in [-0.25, -0.2) is 4.79 Å². The minimum Gasteiger partial charge on any atom is -0.410 e. The van der Waals surface area contributed by atoms with Gasteiger partial charge in [-0.15, -0.1) is 5.09 Å². The summed E-state index contributed by atoms with van der Waals surface area (Å²) < 4.78 is 5.33. The number of hydrogen-bond donors (Lipinski definition) is 0. The van der Waals surface area contributed by atoms with Crippen molar-refractivity contribution in [3.8, 4) is 5.75 Å². The second-order valence-corrected chi connectivity index (χ2v) is 4.80. The van der Waals surface area contributed by atoms with Gasteiger partial charge in [-0.05, 0) is 23.3 Å². The molecular weight excluding hydrogens is 267 g/mol. The Morgan fingerprint density at radius 3 is 2.24 bits per heavy atom. The highest BCUT2D eigenvalue weighted by Crippen LogP contribution is 2.23. The fraction of sp³-hybridized carbons (Fsp3) is 0.133. The largest absolute Gasteiger partial charge is 0.415 e. The fourth-order valence-corrected chi connectivity index (χ4v) is 2.31. The number of nitroso groups, excluding NO2 is 1. The highest BCUT2D eigenvalue weighted by Gasteiger charge is 2.24. The number of rotatable bonds is 3. The van der Waals surface area contributed by atoms with Gasteiger partial charge in [0, 0.05) is 13.1 Å². The number of hydrogen-bond acceptors (Lipinski definition) is 4. The average molecular weight is 279 g/mol. The van der Waals surface area contributed by atoms with Gasteiger partial charge in [-0.2, -0.15) is 4.91 Å². The fourth-order valence-electron chi connectivity index (χ4n) is 2.31. The summed E-state index contributed by atoms with van der Waals surface area (Å²) in [5, 5.41) is 2.69. The standard InChI is InChI=1S/C15H12BN2O3/c19-15(18-9-11-3-1-2-4-12(11)10-18)21-14-7-5-13(6-8-14)16-17-20/h1-8H,9-10H2. The summed E-state index contributed by atoms with van der Waals surface area (Å²) in [7, 11) is 1.20. The zero-order valence-corrected chi connectivity index (χ0v) is 11.2. The molecule has 1 aliphatic rings. The molecule has 1 aliphatic heterocycles. The van der Waals surface area contributed by atoms with Crippen molar-refractivity contribution in [1.82, 2.24) is 4.90 Å². The van der Waals surface area contributed by atoms with Crippen molar-refractivity contribution < 1.29 is 9.53 Å². The van der Waals surface area contributed by atoms with Crippen molar-refractivity contribution in [3.05, 3.63) is 64.6 Å². The smallest absolute Gasteiger partial charge is 0.410 e. The van der Waals surface area contributed by atoms with Crippen molar-refractivity contribution in [2.75, 3.05) is 0 Å². The van der Waals surface area contributed by atoms with Crippen LogP contribution < -0.4 is 10.2 Å². The lowest BCUT2D eigenvalue weighted by molar-refractivity contribution is 0.152. The van der Waals surface area contributed by atoms with Crippen LogP contribution in [0.15, 0.2) is 53.6 Å². The van der Waals surface area contributed by atoms with E-state index in [0.717, 1.165) is 11.1 Å². The van der Waals surface area contributed by atoms with Gasteiger partial charge in [-0.1, -0.05) is 41.9 Å². The first-order chi connectivity index (χ1) is 10.3. The molecule has 0 aliphatic carbocycles. The third-order valence-corrected chi connectivity index (χ3v) is 3.39. The molecule has 21 heavy (non-hydrogen) atoms. The van der Waals surface area contributed by atoms with Gasteiger partial charge in [0.25, 0.3) is 0 Å². The molecule has 1 radical (unpaired) electrons. The number of carbonyl (C=O) groups excluding carboxylic acids is 1. The molecule has 0 N–H and O–H groups in total. The van der Waals surface area contributed by atoms with Crippen LogP contribution in [-0.4, -0.2) is 18.4 Å². The first-order valence-corrected chi connectivity index (χ1v) is 6.55. The predicted octanol–water partition coefficient (Wildman–Crippen LogP) is 2.21. The van der Waals surface area contributed by atoms with E-state index < -0.39 is 0 Å². The third-order valence-electron chi connectivity index (χ3n) is 3.39. The Hall–Kier alpha value is -2.63. The van der Waals surface area contributed by atoms with Crippen molar-refractivity contribution in [3.63, 3.8) is 0 Å². The SMILES string of the molecule is O=N[B]c1ccc(OC(=O)N2Cc3ccccc3C2)cc1. The lowest BCUT2D eigenvalue weighted by Crippen LogP contribution is -2.28. The first-order valence-electron chi connectivity index (χ1n) is 6.55. The molecule has 0 saturated carbocycles. The van der Waals surface area contributed by atoms with E-state index >= 15 is 0 Å². The van der Waals surface area contributed by atoms with E-state index in [1.165, 1.54) is 7.41 Å². The predicted molar refractivity (Wildman–Crippen MR) is 79.3 cm³/mol. The maximum absolute atomic E-state index is 12.1. The number of carbonyl (C=O) groups is 1. The number of amides is 1. The van der Waals surface area contributed by atoms with E-state index in [1.807, 2.05) is 24.3 Å². The summed E-state index contributed by atoms with van der Waals surface area (Å²) in [6.45, 7) is 1.13. The molecule has 6 heteroatoms. The molecule has 0 aromatic heterocycles. The molecule has 1 amide bonds. The van der Waals surface area contributed by atoms with Gasteiger partial charge in [0.1, 0.15) is 5.75 Å². The topological polar surface area (TPSA) is 59.0 Å². The molecule has 3 rings (SSSR count). The van der Waals surface area contributed by atoms with Crippen LogP contribution in [0.5, 0.6) is 5.75 Å². The first kappa shape index (κ1) is 13.4. The maximum Gasteiger partial charge on any atom is 0.415 e. The highest BCUT2D eigenvalue weighted by molar-refractivity contribution is 6.51. The summed E-state index contributed by atoms with van der Waals surface area (Å²) in [5.74, 6) is 0.444. The summed E-state index contributed by atoms with van der Waals surface area (Å²) in [6, 6.07) is 14.6. The Labute approximate surface area is 122 Å². The molecule has 0 fully saturated rings. The molecule has 103 valence electrons. The van der Waals surface area contributed by atoms with E-state index in [4.69, 9.17) is 4.74 Å². The molecule has 5 nitrogen and oxygen atoms in total. The van der Waals surface area contributed by atoms with Gasteiger partial charge >= 0.3 is 13.5 Å². The number of nitrogens with zero attached hydrogens (tertiary/aromatic N) is 2. The summed E-state index contributed by atoms with van der Waals surface area (Å²) in [4.78, 5) is 23.9. The summed E-state index contributed by atoms with van der Waals surface area (Å²) >= 11 is 0. The summed E-state index contributed by atoms with van der Waals surface area (Å²) in [6.07, 6.45) is -0.378. The van der Waals surface area contributed by atoms with Crippen molar-refractivity contribution in [2.45, 2.75) is 13.1 Å². The van der Waals surface area contributed by atoms with E-state index in [1.54, 1.807) is 29.2 Å². The number of ether oxygens (including phenoxy) is 1. The summed E-state index contributed by atoms with van der Waals surface area (Å²) in [5.41, 5.74) is 2.96.